The maximum Gasteiger partial charge on any atom is 0.293 e. The molecule has 2 aromatic rings. The SMILES string of the molecule is O=C1SC(=CC=Cc2ccccc2)C(=O)N1Cc1c(F)cccc1Cl. The van der Waals surface area contributed by atoms with Gasteiger partial charge in [-0.1, -0.05) is 60.2 Å². The molecule has 0 unspecified atom stereocenters. The lowest BCUT2D eigenvalue weighted by atomic mass is 10.2. The summed E-state index contributed by atoms with van der Waals surface area (Å²) >= 11 is 6.80. The second-order valence-electron chi connectivity index (χ2n) is 5.26. The van der Waals surface area contributed by atoms with Gasteiger partial charge in [0, 0.05) is 10.6 Å². The zero-order chi connectivity index (χ0) is 17.8. The molecule has 0 aromatic heterocycles. The molecule has 2 aromatic carbocycles. The molecule has 126 valence electrons. The predicted molar refractivity (Wildman–Crippen MR) is 98.5 cm³/mol. The van der Waals surface area contributed by atoms with E-state index in [1.165, 1.54) is 18.2 Å². The first-order valence-corrected chi connectivity index (χ1v) is 8.65. The normalized spacial score (nSPS) is 16.4. The Morgan fingerprint density at radius 2 is 1.84 bits per heavy atom. The zero-order valence-corrected chi connectivity index (χ0v) is 14.6. The smallest absolute Gasteiger partial charge is 0.268 e. The minimum Gasteiger partial charge on any atom is -0.268 e. The van der Waals surface area contributed by atoms with Crippen LogP contribution in [0.15, 0.2) is 65.6 Å². The van der Waals surface area contributed by atoms with E-state index < -0.39 is 17.0 Å². The van der Waals surface area contributed by atoms with Gasteiger partial charge in [0.25, 0.3) is 11.1 Å². The van der Waals surface area contributed by atoms with Crippen LogP contribution in [0.3, 0.4) is 0 Å². The van der Waals surface area contributed by atoms with Crippen LogP contribution in [0, 0.1) is 5.82 Å². The van der Waals surface area contributed by atoms with Gasteiger partial charge in [0.15, 0.2) is 0 Å². The number of benzene rings is 2. The minimum absolute atomic E-state index is 0.132. The molecule has 2 amide bonds. The second-order valence-corrected chi connectivity index (χ2v) is 6.66. The van der Waals surface area contributed by atoms with Gasteiger partial charge in [-0.25, -0.2) is 4.39 Å². The number of rotatable bonds is 4. The highest BCUT2D eigenvalue weighted by Crippen LogP contribution is 2.33. The van der Waals surface area contributed by atoms with E-state index in [0.717, 1.165) is 22.2 Å². The summed E-state index contributed by atoms with van der Waals surface area (Å²) < 4.78 is 13.9. The molecule has 6 heteroatoms. The van der Waals surface area contributed by atoms with Crippen molar-refractivity contribution in [3.63, 3.8) is 0 Å². The minimum atomic E-state index is -0.542. The van der Waals surface area contributed by atoms with E-state index in [1.54, 1.807) is 12.2 Å². The van der Waals surface area contributed by atoms with E-state index in [-0.39, 0.29) is 17.1 Å². The van der Waals surface area contributed by atoms with Gasteiger partial charge in [-0.2, -0.15) is 0 Å². The van der Waals surface area contributed by atoms with Crippen molar-refractivity contribution in [1.29, 1.82) is 0 Å². The number of thioether (sulfide) groups is 1. The third-order valence-electron chi connectivity index (χ3n) is 3.59. The number of allylic oxidation sites excluding steroid dienone is 2. The number of imide groups is 1. The van der Waals surface area contributed by atoms with Crippen LogP contribution in [-0.2, 0) is 11.3 Å². The van der Waals surface area contributed by atoms with E-state index in [1.807, 2.05) is 36.4 Å². The Bertz CT molecular complexity index is 860. The molecule has 3 rings (SSSR count). The average Bonchev–Trinajstić information content (AvgIpc) is 2.86. The highest BCUT2D eigenvalue weighted by Gasteiger charge is 2.35. The van der Waals surface area contributed by atoms with Gasteiger partial charge in [-0.05, 0) is 35.5 Å². The van der Waals surface area contributed by atoms with Crippen LogP contribution in [-0.4, -0.2) is 16.0 Å². The number of nitrogens with zero attached hydrogens (tertiary/aromatic N) is 1. The van der Waals surface area contributed by atoms with Crippen LogP contribution >= 0.6 is 23.4 Å². The maximum atomic E-state index is 13.9. The number of amides is 2. The van der Waals surface area contributed by atoms with Crippen LogP contribution in [0.2, 0.25) is 5.02 Å². The number of hydrogen-bond acceptors (Lipinski definition) is 3. The molecule has 1 heterocycles. The predicted octanol–water partition coefficient (Wildman–Crippen LogP) is 5.27. The fourth-order valence-electron chi connectivity index (χ4n) is 2.30. The van der Waals surface area contributed by atoms with Crippen LogP contribution < -0.4 is 0 Å². The Balaban J connectivity index is 1.76. The lowest BCUT2D eigenvalue weighted by molar-refractivity contribution is -0.123. The van der Waals surface area contributed by atoms with Crippen LogP contribution in [0.1, 0.15) is 11.1 Å². The Hall–Kier alpha value is -2.37. The summed E-state index contributed by atoms with van der Waals surface area (Å²) in [5, 5.41) is -0.254. The number of halogens is 2. The fraction of sp³-hybridized carbons (Fsp3) is 0.0526. The molecule has 0 radical (unpaired) electrons. The third-order valence-corrected chi connectivity index (χ3v) is 4.87. The van der Waals surface area contributed by atoms with Crippen molar-refractivity contribution in [3.8, 4) is 0 Å². The van der Waals surface area contributed by atoms with Gasteiger partial charge in [0.1, 0.15) is 5.82 Å². The Labute approximate surface area is 153 Å². The molecule has 1 saturated heterocycles. The standard InChI is InChI=1S/C19H13ClFNO2S/c20-15-9-5-10-16(21)14(15)12-22-18(23)17(25-19(22)24)11-4-8-13-6-2-1-3-7-13/h1-11H,12H2. The topological polar surface area (TPSA) is 37.4 Å². The molecule has 0 saturated carbocycles. The molecule has 25 heavy (non-hydrogen) atoms. The van der Waals surface area contributed by atoms with Crippen molar-refractivity contribution >= 4 is 40.6 Å². The summed E-state index contributed by atoms with van der Waals surface area (Å²) in [7, 11) is 0. The molecule has 0 atom stereocenters. The van der Waals surface area contributed by atoms with Gasteiger partial charge in [-0.3, -0.25) is 14.5 Å². The molecule has 1 aliphatic heterocycles. The maximum absolute atomic E-state index is 13.9. The van der Waals surface area contributed by atoms with Crippen molar-refractivity contribution in [1.82, 2.24) is 4.90 Å². The summed E-state index contributed by atoms with van der Waals surface area (Å²) in [4.78, 5) is 25.8. The van der Waals surface area contributed by atoms with Gasteiger partial charge in [0.2, 0.25) is 0 Å². The molecule has 0 N–H and O–H groups in total. The van der Waals surface area contributed by atoms with Crippen molar-refractivity contribution in [2.75, 3.05) is 0 Å². The molecule has 1 aliphatic rings. The summed E-state index contributed by atoms with van der Waals surface area (Å²) in [6, 6.07) is 13.8. The summed E-state index contributed by atoms with van der Waals surface area (Å²) in [6.45, 7) is -0.185. The van der Waals surface area contributed by atoms with Crippen molar-refractivity contribution in [2.24, 2.45) is 0 Å². The van der Waals surface area contributed by atoms with Gasteiger partial charge < -0.3 is 0 Å². The highest BCUT2D eigenvalue weighted by atomic mass is 35.5. The largest absolute Gasteiger partial charge is 0.293 e. The van der Waals surface area contributed by atoms with Gasteiger partial charge >= 0.3 is 0 Å². The van der Waals surface area contributed by atoms with E-state index >= 15 is 0 Å². The van der Waals surface area contributed by atoms with Crippen LogP contribution in [0.4, 0.5) is 9.18 Å². The Morgan fingerprint density at radius 3 is 2.56 bits per heavy atom. The number of hydrogen-bond donors (Lipinski definition) is 0. The number of carbonyl (C=O) groups is 2. The van der Waals surface area contributed by atoms with Crippen LogP contribution in [0.25, 0.3) is 6.08 Å². The molecule has 0 spiro atoms. The van der Waals surface area contributed by atoms with Crippen molar-refractivity contribution < 1.29 is 14.0 Å². The number of carbonyl (C=O) groups excluding carboxylic acids is 2. The second kappa shape index (κ2) is 7.68. The quantitative estimate of drug-likeness (QED) is 0.685. The first-order chi connectivity index (χ1) is 12.1. The van der Waals surface area contributed by atoms with Crippen molar-refractivity contribution in [3.05, 3.63) is 87.6 Å². The highest BCUT2D eigenvalue weighted by molar-refractivity contribution is 8.18. The third kappa shape index (κ3) is 4.00. The molecular formula is C19H13ClFNO2S. The summed E-state index contributed by atoms with van der Waals surface area (Å²) in [6.07, 6.45) is 5.13. The van der Waals surface area contributed by atoms with Crippen molar-refractivity contribution in [2.45, 2.75) is 6.54 Å². The van der Waals surface area contributed by atoms with E-state index in [0.29, 0.717) is 4.91 Å². The average molecular weight is 374 g/mol. The first-order valence-electron chi connectivity index (χ1n) is 7.46. The fourth-order valence-corrected chi connectivity index (χ4v) is 3.32. The summed E-state index contributed by atoms with van der Waals surface area (Å²) in [5.41, 5.74) is 1.11. The first kappa shape index (κ1) is 17.5. The monoisotopic (exact) mass is 373 g/mol. The zero-order valence-electron chi connectivity index (χ0n) is 13.0. The van der Waals surface area contributed by atoms with Gasteiger partial charge in [0.05, 0.1) is 11.4 Å². The van der Waals surface area contributed by atoms with E-state index in [4.69, 9.17) is 11.6 Å². The molecule has 3 nitrogen and oxygen atoms in total. The molecule has 0 bridgehead atoms. The molecule has 1 fully saturated rings. The van der Waals surface area contributed by atoms with Crippen LogP contribution in [0.5, 0.6) is 0 Å². The lowest BCUT2D eigenvalue weighted by Crippen LogP contribution is -2.28. The van der Waals surface area contributed by atoms with Gasteiger partial charge in [-0.15, -0.1) is 0 Å². The Kier molecular flexibility index (Phi) is 5.36. The summed E-state index contributed by atoms with van der Waals surface area (Å²) in [5.74, 6) is -0.994. The Morgan fingerprint density at radius 1 is 1.08 bits per heavy atom. The lowest BCUT2D eigenvalue weighted by Gasteiger charge is -2.14. The molecule has 0 aliphatic carbocycles. The molecular weight excluding hydrogens is 361 g/mol. The van der Waals surface area contributed by atoms with E-state index in [9.17, 15) is 14.0 Å². The van der Waals surface area contributed by atoms with E-state index in [2.05, 4.69) is 0 Å².